The summed E-state index contributed by atoms with van der Waals surface area (Å²) in [5.74, 6) is 0.784. The highest BCUT2D eigenvalue weighted by atomic mass is 32.2. The lowest BCUT2D eigenvalue weighted by molar-refractivity contribution is 0.110. The first-order valence-electron chi connectivity index (χ1n) is 6.14. The van der Waals surface area contributed by atoms with Crippen molar-refractivity contribution in [2.24, 2.45) is 0 Å². The second-order valence-corrected chi connectivity index (χ2v) is 4.88. The van der Waals surface area contributed by atoms with E-state index in [0.29, 0.717) is 0 Å². The topological polar surface area (TPSA) is 56.1 Å². The summed E-state index contributed by atoms with van der Waals surface area (Å²) < 4.78 is 7.45. The number of nitrogens with zero attached hydrogens (tertiary/aromatic N) is 5. The van der Waals surface area contributed by atoms with E-state index in [1.54, 1.807) is 18.0 Å². The van der Waals surface area contributed by atoms with E-state index in [2.05, 4.69) is 24.9 Å². The van der Waals surface area contributed by atoms with Crippen LogP contribution in [0, 0.1) is 0 Å². The van der Waals surface area contributed by atoms with Crippen LogP contribution < -0.4 is 5.01 Å². The Balaban J connectivity index is 2.03. The Hall–Kier alpha value is -1.60. The molecule has 0 radical (unpaired) electrons. The highest BCUT2D eigenvalue weighted by molar-refractivity contribution is 7.98. The Morgan fingerprint density at radius 3 is 2.74 bits per heavy atom. The molecule has 19 heavy (non-hydrogen) atoms. The number of hydrogen-bond acceptors (Lipinski definition) is 6. The van der Waals surface area contributed by atoms with Crippen LogP contribution in [0.25, 0.3) is 11.5 Å². The number of ether oxygens (including phenoxy) is 1. The van der Waals surface area contributed by atoms with Crippen molar-refractivity contribution in [2.75, 3.05) is 37.6 Å². The molecular formula is C12H15N5OS. The van der Waals surface area contributed by atoms with Gasteiger partial charge in [-0.05, 0) is 18.4 Å². The van der Waals surface area contributed by atoms with Crippen LogP contribution in [-0.2, 0) is 4.74 Å². The van der Waals surface area contributed by atoms with E-state index in [0.717, 1.165) is 43.0 Å². The molecule has 2 aromatic rings. The van der Waals surface area contributed by atoms with Crippen molar-refractivity contribution in [1.29, 1.82) is 0 Å². The van der Waals surface area contributed by atoms with Crippen LogP contribution in [0.1, 0.15) is 0 Å². The van der Waals surface area contributed by atoms with E-state index in [4.69, 9.17) is 4.74 Å². The van der Waals surface area contributed by atoms with Crippen molar-refractivity contribution < 1.29 is 4.74 Å². The van der Waals surface area contributed by atoms with Gasteiger partial charge in [-0.3, -0.25) is 4.98 Å². The fourth-order valence-electron chi connectivity index (χ4n) is 2.06. The molecule has 3 heterocycles. The Morgan fingerprint density at radius 2 is 2.05 bits per heavy atom. The standard InChI is InChI=1S/C12H15N5OS/c1-19-12-15-14-11(10-4-2-3-5-13-10)17(12)16-6-8-18-9-7-16/h2-5H,6-9H2,1H3. The molecule has 0 spiro atoms. The quantitative estimate of drug-likeness (QED) is 0.781. The van der Waals surface area contributed by atoms with Gasteiger partial charge in [-0.15, -0.1) is 10.2 Å². The third-order valence-electron chi connectivity index (χ3n) is 2.96. The number of pyridine rings is 1. The van der Waals surface area contributed by atoms with Crippen molar-refractivity contribution in [2.45, 2.75) is 5.16 Å². The second-order valence-electron chi connectivity index (χ2n) is 4.10. The maximum Gasteiger partial charge on any atom is 0.210 e. The Bertz CT molecular complexity index is 538. The second kappa shape index (κ2) is 5.58. The largest absolute Gasteiger partial charge is 0.378 e. The molecule has 1 fully saturated rings. The van der Waals surface area contributed by atoms with Gasteiger partial charge in [0, 0.05) is 6.20 Å². The molecule has 1 aliphatic heterocycles. The molecular weight excluding hydrogens is 262 g/mol. The van der Waals surface area contributed by atoms with Crippen LogP contribution in [0.15, 0.2) is 29.6 Å². The highest BCUT2D eigenvalue weighted by Gasteiger charge is 2.21. The van der Waals surface area contributed by atoms with E-state index in [-0.39, 0.29) is 0 Å². The van der Waals surface area contributed by atoms with Crippen molar-refractivity contribution in [3.05, 3.63) is 24.4 Å². The Labute approximate surface area is 115 Å². The van der Waals surface area contributed by atoms with Gasteiger partial charge in [-0.25, -0.2) is 4.68 Å². The van der Waals surface area contributed by atoms with Gasteiger partial charge in [0.25, 0.3) is 0 Å². The molecule has 3 rings (SSSR count). The molecule has 0 aliphatic carbocycles. The van der Waals surface area contributed by atoms with Gasteiger partial charge in [-0.1, -0.05) is 17.8 Å². The minimum atomic E-state index is 0.730. The first kappa shape index (κ1) is 12.4. The molecule has 0 unspecified atom stereocenters. The molecule has 0 bridgehead atoms. The van der Waals surface area contributed by atoms with Crippen LogP contribution in [-0.4, -0.2) is 52.4 Å². The lowest BCUT2D eigenvalue weighted by Gasteiger charge is -2.30. The lowest BCUT2D eigenvalue weighted by Crippen LogP contribution is -2.44. The molecule has 1 saturated heterocycles. The minimum absolute atomic E-state index is 0.730. The summed E-state index contributed by atoms with van der Waals surface area (Å²) in [4.78, 5) is 4.36. The molecule has 0 saturated carbocycles. The number of thioether (sulfide) groups is 1. The van der Waals surface area contributed by atoms with Crippen LogP contribution in [0.2, 0.25) is 0 Å². The molecule has 6 nitrogen and oxygen atoms in total. The van der Waals surface area contributed by atoms with E-state index < -0.39 is 0 Å². The van der Waals surface area contributed by atoms with Gasteiger partial charge in [0.2, 0.25) is 11.0 Å². The molecule has 1 aliphatic rings. The summed E-state index contributed by atoms with van der Waals surface area (Å²) >= 11 is 1.58. The molecule has 0 N–H and O–H groups in total. The van der Waals surface area contributed by atoms with Crippen LogP contribution in [0.4, 0.5) is 0 Å². The van der Waals surface area contributed by atoms with Crippen LogP contribution in [0.3, 0.4) is 0 Å². The third-order valence-corrected chi connectivity index (χ3v) is 3.58. The van der Waals surface area contributed by atoms with Crippen LogP contribution in [0.5, 0.6) is 0 Å². The smallest absolute Gasteiger partial charge is 0.210 e. The van der Waals surface area contributed by atoms with E-state index >= 15 is 0 Å². The van der Waals surface area contributed by atoms with Crippen molar-refractivity contribution in [3.63, 3.8) is 0 Å². The van der Waals surface area contributed by atoms with Crippen molar-refractivity contribution in [1.82, 2.24) is 19.9 Å². The maximum absolute atomic E-state index is 5.40. The maximum atomic E-state index is 5.40. The highest BCUT2D eigenvalue weighted by Crippen LogP contribution is 2.21. The van der Waals surface area contributed by atoms with E-state index in [1.807, 2.05) is 24.5 Å². The van der Waals surface area contributed by atoms with Gasteiger partial charge < -0.3 is 9.75 Å². The summed E-state index contributed by atoms with van der Waals surface area (Å²) in [7, 11) is 0. The summed E-state index contributed by atoms with van der Waals surface area (Å²) in [5.41, 5.74) is 0.835. The lowest BCUT2D eigenvalue weighted by atomic mass is 10.3. The van der Waals surface area contributed by atoms with Crippen molar-refractivity contribution >= 4 is 11.8 Å². The minimum Gasteiger partial charge on any atom is -0.378 e. The monoisotopic (exact) mass is 277 g/mol. The number of rotatable bonds is 3. The van der Waals surface area contributed by atoms with Gasteiger partial charge in [0.1, 0.15) is 5.69 Å². The molecule has 0 amide bonds. The zero-order valence-electron chi connectivity index (χ0n) is 10.7. The zero-order chi connectivity index (χ0) is 13.1. The SMILES string of the molecule is CSc1nnc(-c2ccccn2)n1N1CCOCC1. The number of hydrogen-bond donors (Lipinski definition) is 0. The van der Waals surface area contributed by atoms with Gasteiger partial charge in [0.05, 0.1) is 26.3 Å². The third kappa shape index (κ3) is 2.43. The fourth-order valence-corrected chi connectivity index (χ4v) is 2.55. The first-order chi connectivity index (χ1) is 9.40. The fraction of sp³-hybridized carbons (Fsp3) is 0.417. The van der Waals surface area contributed by atoms with Crippen LogP contribution >= 0.6 is 11.8 Å². The molecule has 0 aromatic carbocycles. The predicted octanol–water partition coefficient (Wildman–Crippen LogP) is 1.03. The Kier molecular flexibility index (Phi) is 3.65. The summed E-state index contributed by atoms with van der Waals surface area (Å²) in [6, 6.07) is 5.80. The zero-order valence-corrected chi connectivity index (χ0v) is 11.5. The normalized spacial score (nSPS) is 15.7. The van der Waals surface area contributed by atoms with Gasteiger partial charge >= 0.3 is 0 Å². The summed E-state index contributed by atoms with van der Waals surface area (Å²) in [5, 5.41) is 11.6. The average molecular weight is 277 g/mol. The molecule has 0 atom stereocenters. The van der Waals surface area contributed by atoms with E-state index in [9.17, 15) is 0 Å². The summed E-state index contributed by atoms with van der Waals surface area (Å²) in [6.45, 7) is 3.14. The van der Waals surface area contributed by atoms with E-state index in [1.165, 1.54) is 0 Å². The first-order valence-corrected chi connectivity index (χ1v) is 7.36. The van der Waals surface area contributed by atoms with Crippen molar-refractivity contribution in [3.8, 4) is 11.5 Å². The molecule has 100 valence electrons. The number of aromatic nitrogens is 4. The van der Waals surface area contributed by atoms with Gasteiger partial charge in [0.15, 0.2) is 0 Å². The average Bonchev–Trinajstić information content (AvgIpc) is 2.93. The summed E-state index contributed by atoms with van der Waals surface area (Å²) in [6.07, 6.45) is 3.77. The molecule has 2 aromatic heterocycles. The predicted molar refractivity (Wildman–Crippen MR) is 73.8 cm³/mol. The molecule has 7 heteroatoms. The van der Waals surface area contributed by atoms with Gasteiger partial charge in [-0.2, -0.15) is 0 Å². The Morgan fingerprint density at radius 1 is 1.21 bits per heavy atom. The number of morpholine rings is 1.